The Balaban J connectivity index is 1.75. The van der Waals surface area contributed by atoms with Crippen molar-refractivity contribution in [1.82, 2.24) is 10.3 Å². The summed E-state index contributed by atoms with van der Waals surface area (Å²) in [5.41, 5.74) is 0.937. The molecule has 1 fully saturated rings. The summed E-state index contributed by atoms with van der Waals surface area (Å²) in [6.45, 7) is -0.0738. The van der Waals surface area contributed by atoms with Gasteiger partial charge < -0.3 is 4.42 Å². The number of amides is 3. The van der Waals surface area contributed by atoms with E-state index in [9.17, 15) is 9.59 Å². The number of hydrogen-bond acceptors (Lipinski definition) is 4. The molecule has 0 spiro atoms. The molecule has 1 aliphatic heterocycles. The van der Waals surface area contributed by atoms with Crippen LogP contribution >= 0.6 is 15.9 Å². The van der Waals surface area contributed by atoms with E-state index in [4.69, 9.17) is 4.42 Å². The highest BCUT2D eigenvalue weighted by molar-refractivity contribution is 9.10. The van der Waals surface area contributed by atoms with Crippen molar-refractivity contribution in [1.29, 1.82) is 0 Å². The summed E-state index contributed by atoms with van der Waals surface area (Å²) >= 11 is 3.37. The Morgan fingerprint density at radius 2 is 1.95 bits per heavy atom. The Labute approximate surface area is 128 Å². The monoisotopic (exact) mass is 347 g/mol. The third-order valence-electron chi connectivity index (χ3n) is 2.85. The molecular formula is C14H10BrN3O3. The topological polar surface area (TPSA) is 74.9 Å². The minimum absolute atomic E-state index is 0.0738. The first kappa shape index (κ1) is 13.6. The molecule has 0 aliphatic carbocycles. The van der Waals surface area contributed by atoms with Gasteiger partial charge in [0.15, 0.2) is 0 Å². The Hall–Kier alpha value is -2.41. The van der Waals surface area contributed by atoms with Crippen molar-refractivity contribution in [3.8, 4) is 11.3 Å². The molecule has 1 aromatic heterocycles. The second-order valence-electron chi connectivity index (χ2n) is 4.36. The van der Waals surface area contributed by atoms with Gasteiger partial charge >= 0.3 is 6.03 Å². The zero-order valence-electron chi connectivity index (χ0n) is 10.7. The van der Waals surface area contributed by atoms with E-state index in [0.717, 1.165) is 15.0 Å². The molecule has 0 saturated carbocycles. The average Bonchev–Trinajstić information content (AvgIpc) is 3.04. The molecule has 1 aromatic carbocycles. The number of hydrazone groups is 1. The number of furan rings is 1. The van der Waals surface area contributed by atoms with E-state index in [1.165, 1.54) is 6.21 Å². The molecule has 1 N–H and O–H groups in total. The molecule has 3 rings (SSSR count). The van der Waals surface area contributed by atoms with E-state index < -0.39 is 6.03 Å². The highest BCUT2D eigenvalue weighted by atomic mass is 79.9. The maximum Gasteiger partial charge on any atom is 0.344 e. The van der Waals surface area contributed by atoms with Crippen LogP contribution in [0.2, 0.25) is 0 Å². The number of urea groups is 1. The van der Waals surface area contributed by atoms with Crippen molar-refractivity contribution in [2.24, 2.45) is 5.10 Å². The van der Waals surface area contributed by atoms with E-state index in [2.05, 4.69) is 26.3 Å². The Bertz CT molecular complexity index is 721. The fourth-order valence-electron chi connectivity index (χ4n) is 1.84. The smallest absolute Gasteiger partial charge is 0.344 e. The van der Waals surface area contributed by atoms with Crippen molar-refractivity contribution in [3.63, 3.8) is 0 Å². The van der Waals surface area contributed by atoms with Crippen LogP contribution in [0.4, 0.5) is 4.79 Å². The third-order valence-corrected chi connectivity index (χ3v) is 3.38. The number of hydrogen-bond donors (Lipinski definition) is 1. The van der Waals surface area contributed by atoms with Crippen molar-refractivity contribution in [3.05, 3.63) is 46.6 Å². The van der Waals surface area contributed by atoms with Crippen LogP contribution in [-0.2, 0) is 4.79 Å². The van der Waals surface area contributed by atoms with Crippen LogP contribution in [0.3, 0.4) is 0 Å². The van der Waals surface area contributed by atoms with Crippen LogP contribution in [0, 0.1) is 0 Å². The van der Waals surface area contributed by atoms with Crippen LogP contribution in [0.1, 0.15) is 5.76 Å². The molecule has 2 heterocycles. The van der Waals surface area contributed by atoms with Gasteiger partial charge in [0.2, 0.25) is 5.91 Å². The molecule has 0 radical (unpaired) electrons. The summed E-state index contributed by atoms with van der Waals surface area (Å²) in [7, 11) is 0. The molecule has 3 amide bonds. The lowest BCUT2D eigenvalue weighted by atomic mass is 10.2. The molecular weight excluding hydrogens is 338 g/mol. The van der Waals surface area contributed by atoms with Gasteiger partial charge in [-0.2, -0.15) is 5.10 Å². The molecule has 2 aromatic rings. The SMILES string of the molecule is O=C1CN(/N=C\c2ccc(-c3ccc(Br)cc3)o2)C(=O)N1. The van der Waals surface area contributed by atoms with Crippen molar-refractivity contribution in [2.75, 3.05) is 6.54 Å². The Morgan fingerprint density at radius 1 is 1.19 bits per heavy atom. The van der Waals surface area contributed by atoms with E-state index >= 15 is 0 Å². The maximum absolute atomic E-state index is 11.3. The van der Waals surface area contributed by atoms with Gasteiger partial charge in [-0.25, -0.2) is 9.80 Å². The van der Waals surface area contributed by atoms with Crippen molar-refractivity contribution in [2.45, 2.75) is 0 Å². The highest BCUT2D eigenvalue weighted by Crippen LogP contribution is 2.23. The predicted octanol–water partition coefficient (Wildman–Crippen LogP) is 2.59. The van der Waals surface area contributed by atoms with Gasteiger partial charge in [-0.1, -0.05) is 28.1 Å². The van der Waals surface area contributed by atoms with Crippen molar-refractivity contribution >= 4 is 34.1 Å². The fraction of sp³-hybridized carbons (Fsp3) is 0.0714. The lowest BCUT2D eigenvalue weighted by molar-refractivity contribution is -0.118. The molecule has 21 heavy (non-hydrogen) atoms. The van der Waals surface area contributed by atoms with E-state index in [0.29, 0.717) is 11.5 Å². The van der Waals surface area contributed by atoms with Gasteiger partial charge in [0.25, 0.3) is 0 Å². The number of carbonyl (C=O) groups excluding carboxylic acids is 2. The van der Waals surface area contributed by atoms with E-state index in [-0.39, 0.29) is 12.5 Å². The average molecular weight is 348 g/mol. The van der Waals surface area contributed by atoms with Crippen LogP contribution in [0.25, 0.3) is 11.3 Å². The zero-order chi connectivity index (χ0) is 14.8. The lowest BCUT2D eigenvalue weighted by Gasteiger charge is -2.02. The molecule has 0 bridgehead atoms. The number of halogens is 1. The van der Waals surface area contributed by atoms with Crippen LogP contribution < -0.4 is 5.32 Å². The quantitative estimate of drug-likeness (QED) is 0.684. The molecule has 0 unspecified atom stereocenters. The molecule has 1 saturated heterocycles. The third kappa shape index (κ3) is 3.03. The first-order valence-electron chi connectivity index (χ1n) is 6.13. The number of imide groups is 1. The first-order valence-corrected chi connectivity index (χ1v) is 6.92. The summed E-state index contributed by atoms with van der Waals surface area (Å²) in [6, 6.07) is 10.7. The summed E-state index contributed by atoms with van der Waals surface area (Å²) < 4.78 is 6.61. The zero-order valence-corrected chi connectivity index (χ0v) is 12.3. The van der Waals surface area contributed by atoms with Crippen LogP contribution in [0.5, 0.6) is 0 Å². The lowest BCUT2D eigenvalue weighted by Crippen LogP contribution is -2.24. The van der Waals surface area contributed by atoms with Gasteiger partial charge in [-0.05, 0) is 24.3 Å². The molecule has 7 heteroatoms. The van der Waals surface area contributed by atoms with Gasteiger partial charge in [-0.3, -0.25) is 10.1 Å². The van der Waals surface area contributed by atoms with Gasteiger partial charge in [0, 0.05) is 10.0 Å². The van der Waals surface area contributed by atoms with Gasteiger partial charge in [-0.15, -0.1) is 0 Å². The molecule has 106 valence electrons. The molecule has 0 atom stereocenters. The summed E-state index contributed by atoms with van der Waals surface area (Å²) in [5, 5.41) is 7.10. The van der Waals surface area contributed by atoms with Crippen molar-refractivity contribution < 1.29 is 14.0 Å². The van der Waals surface area contributed by atoms with E-state index in [1.54, 1.807) is 6.07 Å². The summed E-state index contributed by atoms with van der Waals surface area (Å²) in [4.78, 5) is 22.3. The number of benzene rings is 1. The molecule has 1 aliphatic rings. The normalized spacial score (nSPS) is 15.0. The second-order valence-corrected chi connectivity index (χ2v) is 5.28. The van der Waals surface area contributed by atoms with Gasteiger partial charge in [0.05, 0.1) is 6.21 Å². The minimum Gasteiger partial charge on any atom is -0.455 e. The number of nitrogens with one attached hydrogen (secondary N) is 1. The second kappa shape index (κ2) is 5.53. The number of carbonyl (C=O) groups is 2. The number of nitrogens with zero attached hydrogens (tertiary/aromatic N) is 2. The summed E-state index contributed by atoms with van der Waals surface area (Å²) in [5.74, 6) is 0.832. The highest BCUT2D eigenvalue weighted by Gasteiger charge is 2.25. The largest absolute Gasteiger partial charge is 0.455 e. The summed E-state index contributed by atoms with van der Waals surface area (Å²) in [6.07, 6.45) is 1.40. The van der Waals surface area contributed by atoms with Crippen LogP contribution in [-0.4, -0.2) is 29.7 Å². The standard InChI is InChI=1S/C14H10BrN3O3/c15-10-3-1-9(2-4-10)12-6-5-11(21-12)7-16-18-8-13(19)17-14(18)20/h1-7H,8H2,(H,17,19,20)/b16-7-. The van der Waals surface area contributed by atoms with E-state index in [1.807, 2.05) is 30.3 Å². The Kier molecular flexibility index (Phi) is 3.57. The minimum atomic E-state index is -0.532. The predicted molar refractivity (Wildman–Crippen MR) is 79.7 cm³/mol. The first-order chi connectivity index (χ1) is 10.1. The maximum atomic E-state index is 11.3. The Morgan fingerprint density at radius 3 is 2.62 bits per heavy atom. The van der Waals surface area contributed by atoms with Crippen LogP contribution in [0.15, 0.2) is 50.4 Å². The number of rotatable bonds is 3. The van der Waals surface area contributed by atoms with Gasteiger partial charge in [0.1, 0.15) is 18.1 Å². The fourth-order valence-corrected chi connectivity index (χ4v) is 2.11. The molecule has 6 nitrogen and oxygen atoms in total.